The maximum Gasteiger partial charge on any atom is 0.131 e. The second-order valence-electron chi connectivity index (χ2n) is 3.93. The third kappa shape index (κ3) is 2.73. The van der Waals surface area contributed by atoms with Crippen molar-refractivity contribution in [1.82, 2.24) is 10.3 Å². The molecule has 0 aliphatic rings. The number of nitrogens with zero attached hydrogens (tertiary/aromatic N) is 1. The predicted molar refractivity (Wildman–Crippen MR) is 68.6 cm³/mol. The van der Waals surface area contributed by atoms with E-state index in [0.717, 1.165) is 11.3 Å². The fourth-order valence-electron chi connectivity index (χ4n) is 1.79. The van der Waals surface area contributed by atoms with Gasteiger partial charge in [0.25, 0.3) is 0 Å². The van der Waals surface area contributed by atoms with Crippen LogP contribution in [0.25, 0.3) is 0 Å². The van der Waals surface area contributed by atoms with Gasteiger partial charge in [-0.1, -0.05) is 13.0 Å². The minimum Gasteiger partial charge on any atom is -0.305 e. The summed E-state index contributed by atoms with van der Waals surface area (Å²) in [5.74, 6) is -1.06. The molecule has 18 heavy (non-hydrogen) atoms. The van der Waals surface area contributed by atoms with Gasteiger partial charge in [-0.25, -0.2) is 8.78 Å². The number of hydrogen-bond donors (Lipinski definition) is 1. The van der Waals surface area contributed by atoms with E-state index in [-0.39, 0.29) is 5.56 Å². The zero-order valence-electron chi connectivity index (χ0n) is 9.99. The van der Waals surface area contributed by atoms with Crippen LogP contribution in [-0.4, -0.2) is 11.5 Å². The highest BCUT2D eigenvalue weighted by molar-refractivity contribution is 7.09. The summed E-state index contributed by atoms with van der Waals surface area (Å²) in [6.07, 6.45) is 2.54. The Kier molecular flexibility index (Phi) is 4.38. The number of aromatic nitrogens is 1. The number of thiazole rings is 1. The standard InChI is InChI=1S/C13H14F2N2S/c1-2-6-17-13(11-7-16-8-18-11)12-9(14)4-3-5-10(12)15/h3-5,7-8,13,17H,2,6H2,1H3. The Morgan fingerprint density at radius 3 is 2.61 bits per heavy atom. The van der Waals surface area contributed by atoms with Crippen LogP contribution >= 0.6 is 11.3 Å². The molecule has 0 amide bonds. The Balaban J connectivity index is 2.40. The molecule has 2 aromatic rings. The highest BCUT2D eigenvalue weighted by Gasteiger charge is 2.22. The van der Waals surface area contributed by atoms with Crippen molar-refractivity contribution in [2.45, 2.75) is 19.4 Å². The summed E-state index contributed by atoms with van der Waals surface area (Å²) >= 11 is 1.39. The van der Waals surface area contributed by atoms with Crippen LogP contribution in [0.3, 0.4) is 0 Å². The summed E-state index contributed by atoms with van der Waals surface area (Å²) in [6.45, 7) is 2.70. The first-order valence-electron chi connectivity index (χ1n) is 5.79. The Bertz CT molecular complexity index is 479. The molecule has 1 aromatic carbocycles. The first kappa shape index (κ1) is 13.1. The van der Waals surface area contributed by atoms with Crippen LogP contribution in [0.4, 0.5) is 8.78 Å². The quantitative estimate of drug-likeness (QED) is 0.897. The molecule has 0 saturated heterocycles. The third-order valence-corrected chi connectivity index (χ3v) is 3.46. The zero-order chi connectivity index (χ0) is 13.0. The van der Waals surface area contributed by atoms with Crippen molar-refractivity contribution >= 4 is 11.3 Å². The highest BCUT2D eigenvalue weighted by atomic mass is 32.1. The lowest BCUT2D eigenvalue weighted by Gasteiger charge is -2.18. The van der Waals surface area contributed by atoms with Crippen molar-refractivity contribution in [3.8, 4) is 0 Å². The van der Waals surface area contributed by atoms with Crippen LogP contribution in [0.5, 0.6) is 0 Å². The monoisotopic (exact) mass is 268 g/mol. The molecule has 0 aliphatic heterocycles. The predicted octanol–water partition coefficient (Wildman–Crippen LogP) is 3.51. The summed E-state index contributed by atoms with van der Waals surface area (Å²) < 4.78 is 27.6. The van der Waals surface area contributed by atoms with Crippen LogP contribution in [-0.2, 0) is 0 Å². The zero-order valence-corrected chi connectivity index (χ0v) is 10.8. The van der Waals surface area contributed by atoms with E-state index in [1.54, 1.807) is 11.7 Å². The maximum atomic E-state index is 13.8. The molecular weight excluding hydrogens is 254 g/mol. The van der Waals surface area contributed by atoms with E-state index in [2.05, 4.69) is 10.3 Å². The van der Waals surface area contributed by atoms with Crippen LogP contribution in [0.2, 0.25) is 0 Å². The first-order chi connectivity index (χ1) is 8.74. The van der Waals surface area contributed by atoms with Crippen molar-refractivity contribution in [2.24, 2.45) is 0 Å². The average Bonchev–Trinajstić information content (AvgIpc) is 2.86. The van der Waals surface area contributed by atoms with E-state index in [1.165, 1.54) is 29.5 Å². The Labute approximate surface area is 109 Å². The van der Waals surface area contributed by atoms with Gasteiger partial charge in [-0.15, -0.1) is 11.3 Å². The molecule has 0 spiro atoms. The van der Waals surface area contributed by atoms with Crippen LogP contribution < -0.4 is 5.32 Å². The topological polar surface area (TPSA) is 24.9 Å². The molecule has 0 fully saturated rings. The van der Waals surface area contributed by atoms with E-state index in [0.29, 0.717) is 6.54 Å². The lowest BCUT2D eigenvalue weighted by molar-refractivity contribution is 0.506. The lowest BCUT2D eigenvalue weighted by atomic mass is 10.0. The van der Waals surface area contributed by atoms with Crippen LogP contribution in [0.15, 0.2) is 29.9 Å². The maximum absolute atomic E-state index is 13.8. The van der Waals surface area contributed by atoms with Gasteiger partial charge in [0.2, 0.25) is 0 Å². The van der Waals surface area contributed by atoms with Crippen molar-refractivity contribution in [3.05, 3.63) is 52.0 Å². The van der Waals surface area contributed by atoms with Gasteiger partial charge in [0.15, 0.2) is 0 Å². The summed E-state index contributed by atoms with van der Waals surface area (Å²) in [5.41, 5.74) is 1.73. The number of halogens is 2. The second kappa shape index (κ2) is 6.02. The molecule has 1 atom stereocenters. The molecule has 0 radical (unpaired) electrons. The molecule has 1 aromatic heterocycles. The summed E-state index contributed by atoms with van der Waals surface area (Å²) in [5, 5.41) is 3.16. The number of benzene rings is 1. The molecule has 0 aliphatic carbocycles. The van der Waals surface area contributed by atoms with Gasteiger partial charge in [0.05, 0.1) is 11.6 Å². The van der Waals surface area contributed by atoms with Gasteiger partial charge < -0.3 is 5.32 Å². The summed E-state index contributed by atoms with van der Waals surface area (Å²) in [4.78, 5) is 4.78. The summed E-state index contributed by atoms with van der Waals surface area (Å²) in [7, 11) is 0. The van der Waals surface area contributed by atoms with E-state index < -0.39 is 17.7 Å². The molecule has 1 unspecified atom stereocenters. The first-order valence-corrected chi connectivity index (χ1v) is 6.67. The molecule has 0 saturated carbocycles. The smallest absolute Gasteiger partial charge is 0.131 e. The molecule has 0 bridgehead atoms. The molecule has 2 rings (SSSR count). The Hall–Kier alpha value is -1.33. The van der Waals surface area contributed by atoms with Gasteiger partial charge >= 0.3 is 0 Å². The molecule has 1 heterocycles. The van der Waals surface area contributed by atoms with Crippen molar-refractivity contribution in [2.75, 3.05) is 6.54 Å². The van der Waals surface area contributed by atoms with Crippen molar-refractivity contribution < 1.29 is 8.78 Å². The van der Waals surface area contributed by atoms with E-state index in [4.69, 9.17) is 0 Å². The van der Waals surface area contributed by atoms with Crippen LogP contribution in [0.1, 0.15) is 29.8 Å². The largest absolute Gasteiger partial charge is 0.305 e. The van der Waals surface area contributed by atoms with Crippen molar-refractivity contribution in [1.29, 1.82) is 0 Å². The SMILES string of the molecule is CCCNC(c1cncs1)c1c(F)cccc1F. The number of rotatable bonds is 5. The fourth-order valence-corrected chi connectivity index (χ4v) is 2.49. The molecule has 2 nitrogen and oxygen atoms in total. The highest BCUT2D eigenvalue weighted by Crippen LogP contribution is 2.28. The molecular formula is C13H14F2N2S. The molecule has 5 heteroatoms. The van der Waals surface area contributed by atoms with Gasteiger partial charge in [0, 0.05) is 16.6 Å². The normalized spacial score (nSPS) is 12.6. The van der Waals surface area contributed by atoms with Gasteiger partial charge in [-0.05, 0) is 25.1 Å². The lowest BCUT2D eigenvalue weighted by Crippen LogP contribution is -2.24. The van der Waals surface area contributed by atoms with Crippen molar-refractivity contribution in [3.63, 3.8) is 0 Å². The average molecular weight is 268 g/mol. The number of hydrogen-bond acceptors (Lipinski definition) is 3. The Morgan fingerprint density at radius 2 is 2.06 bits per heavy atom. The molecule has 1 N–H and O–H groups in total. The Morgan fingerprint density at radius 1 is 1.33 bits per heavy atom. The van der Waals surface area contributed by atoms with Crippen LogP contribution in [0, 0.1) is 11.6 Å². The fraction of sp³-hybridized carbons (Fsp3) is 0.308. The minimum atomic E-state index is -0.531. The second-order valence-corrected chi connectivity index (χ2v) is 4.84. The van der Waals surface area contributed by atoms with Gasteiger partial charge in [0.1, 0.15) is 11.6 Å². The van der Waals surface area contributed by atoms with E-state index in [9.17, 15) is 8.78 Å². The van der Waals surface area contributed by atoms with Gasteiger partial charge in [-0.3, -0.25) is 4.98 Å². The van der Waals surface area contributed by atoms with Gasteiger partial charge in [-0.2, -0.15) is 0 Å². The third-order valence-electron chi connectivity index (χ3n) is 2.62. The molecule has 96 valence electrons. The summed E-state index contributed by atoms with van der Waals surface area (Å²) in [6, 6.07) is 3.45. The van der Waals surface area contributed by atoms with E-state index >= 15 is 0 Å². The number of nitrogens with one attached hydrogen (secondary N) is 1. The van der Waals surface area contributed by atoms with E-state index in [1.807, 2.05) is 6.92 Å². The minimum absolute atomic E-state index is 0.0650.